The highest BCUT2D eigenvalue weighted by molar-refractivity contribution is 5.79. The summed E-state index contributed by atoms with van der Waals surface area (Å²) >= 11 is 0. The van der Waals surface area contributed by atoms with Crippen molar-refractivity contribution in [2.24, 2.45) is 0 Å². The summed E-state index contributed by atoms with van der Waals surface area (Å²) in [6, 6.07) is 2.55. The molecule has 0 aliphatic carbocycles. The van der Waals surface area contributed by atoms with Crippen LogP contribution in [0.5, 0.6) is 0 Å². The first-order valence-corrected chi connectivity index (χ1v) is 5.32. The first-order chi connectivity index (χ1) is 9.85. The zero-order valence-electron chi connectivity index (χ0n) is 10.2. The Hall–Kier alpha value is -3.35. The van der Waals surface area contributed by atoms with E-state index in [0.29, 0.717) is 12.1 Å². The molecule has 0 atom stereocenters. The van der Waals surface area contributed by atoms with Gasteiger partial charge in [-0.3, -0.25) is 10.1 Å². The van der Waals surface area contributed by atoms with Gasteiger partial charge in [0.2, 0.25) is 5.95 Å². The maximum atomic E-state index is 13.9. The molecule has 0 aliphatic heterocycles. The van der Waals surface area contributed by atoms with Gasteiger partial charge in [-0.1, -0.05) is 0 Å². The summed E-state index contributed by atoms with van der Waals surface area (Å²) in [7, 11) is 0. The zero-order valence-corrected chi connectivity index (χ0v) is 10.2. The van der Waals surface area contributed by atoms with Crippen LogP contribution in [0.2, 0.25) is 0 Å². The third kappa shape index (κ3) is 2.39. The topological polar surface area (TPSA) is 145 Å². The van der Waals surface area contributed by atoms with Crippen LogP contribution in [0.1, 0.15) is 5.56 Å². The highest BCUT2D eigenvalue weighted by Crippen LogP contribution is 2.35. The largest absolute Gasteiger partial charge is 0.382 e. The highest BCUT2D eigenvalue weighted by atomic mass is 19.1. The lowest BCUT2D eigenvalue weighted by Crippen LogP contribution is -2.07. The SMILES string of the molecule is N#Cc1c(N)nc(N)nc1-c1c(F)cc(F)cc1[N+](=O)[O-]. The van der Waals surface area contributed by atoms with E-state index in [-0.39, 0.29) is 5.82 Å². The van der Waals surface area contributed by atoms with Gasteiger partial charge in [-0.15, -0.1) is 0 Å². The van der Waals surface area contributed by atoms with Crippen LogP contribution in [0.25, 0.3) is 11.3 Å². The third-order valence-electron chi connectivity index (χ3n) is 2.53. The number of anilines is 2. The van der Waals surface area contributed by atoms with E-state index in [9.17, 15) is 18.9 Å². The molecule has 1 aromatic carbocycles. The lowest BCUT2D eigenvalue weighted by Gasteiger charge is -2.08. The Morgan fingerprint density at radius 2 is 1.95 bits per heavy atom. The summed E-state index contributed by atoms with van der Waals surface area (Å²) in [4.78, 5) is 17.1. The minimum Gasteiger partial charge on any atom is -0.382 e. The quantitative estimate of drug-likeness (QED) is 0.627. The number of nitrogen functional groups attached to an aromatic ring is 2. The van der Waals surface area contributed by atoms with E-state index in [0.717, 1.165) is 0 Å². The fraction of sp³-hybridized carbons (Fsp3) is 0. The van der Waals surface area contributed by atoms with E-state index < -0.39 is 45.0 Å². The number of hydrogen-bond donors (Lipinski definition) is 2. The number of nitrogens with zero attached hydrogens (tertiary/aromatic N) is 4. The number of nitro groups is 1. The molecule has 0 aliphatic rings. The summed E-state index contributed by atoms with van der Waals surface area (Å²) < 4.78 is 27.1. The van der Waals surface area contributed by atoms with E-state index in [4.69, 9.17) is 16.7 Å². The molecule has 1 aromatic heterocycles. The number of nitriles is 1. The van der Waals surface area contributed by atoms with Gasteiger partial charge < -0.3 is 11.5 Å². The van der Waals surface area contributed by atoms with Crippen molar-refractivity contribution < 1.29 is 13.7 Å². The number of nitrogens with two attached hydrogens (primary N) is 2. The standard InChI is InChI=1S/C11H6F2N6O2/c12-4-1-6(13)8(7(2-4)19(20)21)9-5(3-14)10(15)18-11(16)17-9/h1-2H,(H4,15,16,17,18). The summed E-state index contributed by atoms with van der Waals surface area (Å²) in [6.07, 6.45) is 0. The predicted molar refractivity (Wildman–Crippen MR) is 67.6 cm³/mol. The molecular weight excluding hydrogens is 286 g/mol. The molecule has 2 rings (SSSR count). The number of rotatable bonds is 2. The molecule has 0 radical (unpaired) electrons. The average Bonchev–Trinajstić information content (AvgIpc) is 2.36. The van der Waals surface area contributed by atoms with Crippen LogP contribution in [0.15, 0.2) is 12.1 Å². The lowest BCUT2D eigenvalue weighted by molar-refractivity contribution is -0.384. The third-order valence-corrected chi connectivity index (χ3v) is 2.53. The fourth-order valence-electron chi connectivity index (χ4n) is 1.73. The summed E-state index contributed by atoms with van der Waals surface area (Å²) in [5.41, 5.74) is 8.36. The first kappa shape index (κ1) is 14.1. The molecule has 0 fully saturated rings. The average molecular weight is 292 g/mol. The van der Waals surface area contributed by atoms with Crippen molar-refractivity contribution in [3.63, 3.8) is 0 Å². The van der Waals surface area contributed by atoms with Gasteiger partial charge in [0.25, 0.3) is 5.69 Å². The van der Waals surface area contributed by atoms with Crippen molar-refractivity contribution in [1.29, 1.82) is 5.26 Å². The van der Waals surface area contributed by atoms with Gasteiger partial charge in [0.1, 0.15) is 40.3 Å². The Balaban J connectivity index is 2.92. The lowest BCUT2D eigenvalue weighted by atomic mass is 10.0. The van der Waals surface area contributed by atoms with Gasteiger partial charge in [0.05, 0.1) is 11.0 Å². The summed E-state index contributed by atoms with van der Waals surface area (Å²) in [6.45, 7) is 0. The van der Waals surface area contributed by atoms with Crippen LogP contribution in [0, 0.1) is 33.1 Å². The number of nitro benzene ring substituents is 1. The second kappa shape index (κ2) is 4.97. The van der Waals surface area contributed by atoms with Crippen molar-refractivity contribution in [3.8, 4) is 17.3 Å². The van der Waals surface area contributed by atoms with E-state index in [2.05, 4.69) is 9.97 Å². The molecule has 0 spiro atoms. The van der Waals surface area contributed by atoms with E-state index in [1.807, 2.05) is 0 Å². The van der Waals surface area contributed by atoms with Crippen molar-refractivity contribution in [1.82, 2.24) is 9.97 Å². The van der Waals surface area contributed by atoms with Crippen LogP contribution < -0.4 is 11.5 Å². The van der Waals surface area contributed by atoms with Crippen molar-refractivity contribution >= 4 is 17.5 Å². The molecule has 1 heterocycles. The second-order valence-corrected chi connectivity index (χ2v) is 3.84. The fourth-order valence-corrected chi connectivity index (χ4v) is 1.73. The zero-order chi connectivity index (χ0) is 15.7. The Bertz CT molecular complexity index is 802. The van der Waals surface area contributed by atoms with Crippen molar-refractivity contribution in [2.75, 3.05) is 11.5 Å². The number of halogens is 2. The normalized spacial score (nSPS) is 10.1. The van der Waals surface area contributed by atoms with Crippen molar-refractivity contribution in [3.05, 3.63) is 39.4 Å². The Morgan fingerprint density at radius 3 is 2.52 bits per heavy atom. The molecule has 21 heavy (non-hydrogen) atoms. The van der Waals surface area contributed by atoms with E-state index in [1.54, 1.807) is 6.07 Å². The second-order valence-electron chi connectivity index (χ2n) is 3.84. The highest BCUT2D eigenvalue weighted by Gasteiger charge is 2.27. The van der Waals surface area contributed by atoms with Gasteiger partial charge in [0, 0.05) is 6.07 Å². The molecule has 8 nitrogen and oxygen atoms in total. The monoisotopic (exact) mass is 292 g/mol. The van der Waals surface area contributed by atoms with Crippen LogP contribution in [-0.4, -0.2) is 14.9 Å². The minimum atomic E-state index is -1.27. The molecule has 0 saturated carbocycles. The Kier molecular flexibility index (Phi) is 3.33. The van der Waals surface area contributed by atoms with Crippen molar-refractivity contribution in [2.45, 2.75) is 0 Å². The van der Waals surface area contributed by atoms with E-state index >= 15 is 0 Å². The van der Waals surface area contributed by atoms with Gasteiger partial charge in [-0.2, -0.15) is 10.2 Å². The minimum absolute atomic E-state index is 0.363. The van der Waals surface area contributed by atoms with Crippen LogP contribution in [0.3, 0.4) is 0 Å². The number of benzene rings is 1. The molecule has 4 N–H and O–H groups in total. The molecular formula is C11H6F2N6O2. The molecule has 106 valence electrons. The molecule has 0 unspecified atom stereocenters. The maximum Gasteiger partial charge on any atom is 0.284 e. The van der Waals surface area contributed by atoms with Crippen LogP contribution in [0.4, 0.5) is 26.2 Å². The van der Waals surface area contributed by atoms with Gasteiger partial charge in [-0.25, -0.2) is 13.8 Å². The smallest absolute Gasteiger partial charge is 0.284 e. The summed E-state index contributed by atoms with van der Waals surface area (Å²) in [5.74, 6) is -3.18. The Labute approximate surface area is 115 Å². The van der Waals surface area contributed by atoms with Gasteiger partial charge in [0.15, 0.2) is 0 Å². The molecule has 0 bridgehead atoms. The van der Waals surface area contributed by atoms with Gasteiger partial charge in [-0.05, 0) is 0 Å². The molecule has 2 aromatic rings. The first-order valence-electron chi connectivity index (χ1n) is 5.32. The van der Waals surface area contributed by atoms with E-state index in [1.165, 1.54) is 0 Å². The Morgan fingerprint density at radius 1 is 1.29 bits per heavy atom. The molecule has 0 saturated heterocycles. The maximum absolute atomic E-state index is 13.9. The van der Waals surface area contributed by atoms with Gasteiger partial charge >= 0.3 is 0 Å². The molecule has 10 heteroatoms. The predicted octanol–water partition coefficient (Wildman–Crippen LogP) is 1.37. The molecule has 0 amide bonds. The van der Waals surface area contributed by atoms with Crippen LogP contribution in [-0.2, 0) is 0 Å². The number of aromatic nitrogens is 2. The number of hydrogen-bond acceptors (Lipinski definition) is 7. The van der Waals surface area contributed by atoms with Crippen LogP contribution >= 0.6 is 0 Å². The summed E-state index contributed by atoms with van der Waals surface area (Å²) in [5, 5.41) is 20.0.